The van der Waals surface area contributed by atoms with Gasteiger partial charge in [-0.05, 0) is 43.4 Å². The predicted octanol–water partition coefficient (Wildman–Crippen LogP) is 2.87. The molecule has 92 valence electrons. The average Bonchev–Trinajstić information content (AvgIpc) is 2.79. The number of imidazole rings is 1. The van der Waals surface area contributed by atoms with Crippen molar-refractivity contribution < 1.29 is 4.39 Å². The Hall–Kier alpha value is -1.95. The highest BCUT2D eigenvalue weighted by atomic mass is 32.1. The number of fused-ring (bicyclic) bond motifs is 1. The Bertz CT molecular complexity index is 779. The van der Waals surface area contributed by atoms with Crippen molar-refractivity contribution in [3.8, 4) is 5.69 Å². The molecule has 0 spiro atoms. The van der Waals surface area contributed by atoms with E-state index in [2.05, 4.69) is 10.1 Å². The van der Waals surface area contributed by atoms with Crippen molar-refractivity contribution in [1.82, 2.24) is 19.3 Å². The molecular weight excluding hydrogens is 251 g/mol. The zero-order valence-corrected chi connectivity index (χ0v) is 10.8. The lowest BCUT2D eigenvalue weighted by atomic mass is 10.3. The van der Waals surface area contributed by atoms with Crippen molar-refractivity contribution in [3.05, 3.63) is 40.5 Å². The Morgan fingerprint density at radius 2 is 1.94 bits per heavy atom. The molecular formula is C12H11FN4S. The molecule has 0 bridgehead atoms. The number of rotatable bonds is 1. The number of halogens is 1. The van der Waals surface area contributed by atoms with E-state index in [9.17, 15) is 4.39 Å². The van der Waals surface area contributed by atoms with Gasteiger partial charge >= 0.3 is 0 Å². The largest absolute Gasteiger partial charge is 0.327 e. The Labute approximate surface area is 108 Å². The molecule has 0 saturated carbocycles. The molecule has 0 saturated heterocycles. The summed E-state index contributed by atoms with van der Waals surface area (Å²) in [7, 11) is 1.86. The van der Waals surface area contributed by atoms with Crippen molar-refractivity contribution in [1.29, 1.82) is 0 Å². The highest BCUT2D eigenvalue weighted by molar-refractivity contribution is 7.71. The van der Waals surface area contributed by atoms with Crippen LogP contribution in [-0.4, -0.2) is 19.3 Å². The van der Waals surface area contributed by atoms with E-state index in [1.54, 1.807) is 16.8 Å². The summed E-state index contributed by atoms with van der Waals surface area (Å²) >= 11 is 5.31. The zero-order valence-electron chi connectivity index (χ0n) is 9.94. The summed E-state index contributed by atoms with van der Waals surface area (Å²) < 4.78 is 17.2. The van der Waals surface area contributed by atoms with Gasteiger partial charge < -0.3 is 4.98 Å². The van der Waals surface area contributed by atoms with Crippen molar-refractivity contribution in [2.45, 2.75) is 6.92 Å². The summed E-state index contributed by atoms with van der Waals surface area (Å²) in [5.41, 5.74) is 3.49. The van der Waals surface area contributed by atoms with Crippen LogP contribution in [0.15, 0.2) is 24.3 Å². The van der Waals surface area contributed by atoms with Gasteiger partial charge in [0.1, 0.15) is 11.3 Å². The van der Waals surface area contributed by atoms with Crippen molar-refractivity contribution in [3.63, 3.8) is 0 Å². The fourth-order valence-corrected chi connectivity index (χ4v) is 2.43. The SMILES string of the molecule is Cc1nn(C)c2c1[nH]c(=S)n2-c1ccc(F)cc1. The summed E-state index contributed by atoms with van der Waals surface area (Å²) in [5.74, 6) is -0.266. The Morgan fingerprint density at radius 3 is 2.61 bits per heavy atom. The lowest BCUT2D eigenvalue weighted by molar-refractivity contribution is 0.627. The number of benzene rings is 1. The van der Waals surface area contributed by atoms with E-state index >= 15 is 0 Å². The molecule has 3 aromatic rings. The fraction of sp³-hybridized carbons (Fsp3) is 0.167. The van der Waals surface area contributed by atoms with Gasteiger partial charge in [-0.3, -0.25) is 4.57 Å². The third-order valence-electron chi connectivity index (χ3n) is 2.92. The first-order valence-corrected chi connectivity index (χ1v) is 5.89. The summed E-state index contributed by atoms with van der Waals surface area (Å²) in [6.45, 7) is 1.92. The molecule has 1 N–H and O–H groups in total. The van der Waals surface area contributed by atoms with Crippen LogP contribution in [0, 0.1) is 17.5 Å². The summed E-state index contributed by atoms with van der Waals surface area (Å²) in [4.78, 5) is 3.13. The van der Waals surface area contributed by atoms with Gasteiger partial charge in [-0.15, -0.1) is 0 Å². The molecule has 6 heteroatoms. The van der Waals surface area contributed by atoms with E-state index in [4.69, 9.17) is 12.2 Å². The van der Waals surface area contributed by atoms with E-state index in [0.717, 1.165) is 22.5 Å². The number of hydrogen-bond donors (Lipinski definition) is 1. The van der Waals surface area contributed by atoms with Crippen LogP contribution in [0.3, 0.4) is 0 Å². The third kappa shape index (κ3) is 1.49. The molecule has 0 fully saturated rings. The molecule has 0 aliphatic rings. The quantitative estimate of drug-likeness (QED) is 0.685. The summed E-state index contributed by atoms with van der Waals surface area (Å²) in [5, 5.41) is 4.34. The van der Waals surface area contributed by atoms with E-state index in [1.165, 1.54) is 12.1 Å². The summed E-state index contributed by atoms with van der Waals surface area (Å²) in [6.07, 6.45) is 0. The normalized spacial score (nSPS) is 11.3. The Kier molecular flexibility index (Phi) is 2.34. The molecule has 0 atom stereocenters. The van der Waals surface area contributed by atoms with E-state index in [-0.39, 0.29) is 5.82 Å². The number of H-pyrrole nitrogens is 1. The maximum Gasteiger partial charge on any atom is 0.184 e. The number of nitrogens with one attached hydrogen (secondary N) is 1. The molecule has 1 aromatic carbocycles. The topological polar surface area (TPSA) is 38.5 Å². The second kappa shape index (κ2) is 3.78. The molecule has 2 aromatic heterocycles. The van der Waals surface area contributed by atoms with Crippen LogP contribution in [-0.2, 0) is 7.05 Å². The molecule has 18 heavy (non-hydrogen) atoms. The maximum atomic E-state index is 13.0. The maximum absolute atomic E-state index is 13.0. The third-order valence-corrected chi connectivity index (χ3v) is 3.21. The van der Waals surface area contributed by atoms with Gasteiger partial charge in [-0.2, -0.15) is 5.10 Å². The van der Waals surface area contributed by atoms with Gasteiger partial charge in [0.05, 0.1) is 11.4 Å². The first-order valence-electron chi connectivity index (χ1n) is 5.48. The number of aromatic amines is 1. The molecule has 4 nitrogen and oxygen atoms in total. The highest BCUT2D eigenvalue weighted by Crippen LogP contribution is 2.21. The van der Waals surface area contributed by atoms with Crippen molar-refractivity contribution in [2.75, 3.05) is 0 Å². The first-order chi connectivity index (χ1) is 8.58. The highest BCUT2D eigenvalue weighted by Gasteiger charge is 2.13. The number of nitrogens with zero attached hydrogens (tertiary/aromatic N) is 3. The van der Waals surface area contributed by atoms with Gasteiger partial charge in [-0.25, -0.2) is 9.07 Å². The monoisotopic (exact) mass is 262 g/mol. The lowest BCUT2D eigenvalue weighted by Gasteiger charge is -2.04. The van der Waals surface area contributed by atoms with Gasteiger partial charge in [0.25, 0.3) is 0 Å². The minimum atomic E-state index is -0.266. The van der Waals surface area contributed by atoms with Crippen LogP contribution in [0.2, 0.25) is 0 Å². The number of hydrogen-bond acceptors (Lipinski definition) is 2. The fourth-order valence-electron chi connectivity index (χ4n) is 2.14. The Morgan fingerprint density at radius 1 is 1.28 bits per heavy atom. The van der Waals surface area contributed by atoms with Crippen molar-refractivity contribution >= 4 is 23.4 Å². The molecule has 0 radical (unpaired) electrons. The van der Waals surface area contributed by atoms with Crippen LogP contribution >= 0.6 is 12.2 Å². The lowest BCUT2D eigenvalue weighted by Crippen LogP contribution is -2.00. The molecule has 3 rings (SSSR count). The van der Waals surface area contributed by atoms with E-state index in [0.29, 0.717) is 4.77 Å². The standard InChI is InChI=1S/C12H11FN4S/c1-7-10-11(16(2)15-7)17(12(18)14-10)9-5-3-8(13)4-6-9/h3-6H,1-2H3,(H,14,18). The van der Waals surface area contributed by atoms with Crippen LogP contribution < -0.4 is 0 Å². The molecule has 0 amide bonds. The van der Waals surface area contributed by atoms with Crippen LogP contribution in [0.5, 0.6) is 0 Å². The second-order valence-electron chi connectivity index (χ2n) is 4.15. The number of aromatic nitrogens is 4. The van der Waals surface area contributed by atoms with Gasteiger partial charge in [-0.1, -0.05) is 0 Å². The minimum absolute atomic E-state index is 0.266. The van der Waals surface area contributed by atoms with Gasteiger partial charge in [0.15, 0.2) is 10.4 Å². The van der Waals surface area contributed by atoms with Crippen LogP contribution in [0.4, 0.5) is 4.39 Å². The zero-order chi connectivity index (χ0) is 12.9. The van der Waals surface area contributed by atoms with Crippen molar-refractivity contribution in [2.24, 2.45) is 7.05 Å². The molecule has 0 aliphatic carbocycles. The van der Waals surface area contributed by atoms with E-state index in [1.807, 2.05) is 18.5 Å². The molecule has 0 unspecified atom stereocenters. The summed E-state index contributed by atoms with van der Waals surface area (Å²) in [6, 6.07) is 6.22. The average molecular weight is 262 g/mol. The molecule has 0 aliphatic heterocycles. The predicted molar refractivity (Wildman–Crippen MR) is 69.9 cm³/mol. The smallest absolute Gasteiger partial charge is 0.184 e. The van der Waals surface area contributed by atoms with Crippen LogP contribution in [0.25, 0.3) is 16.9 Å². The van der Waals surface area contributed by atoms with E-state index < -0.39 is 0 Å². The van der Waals surface area contributed by atoms with Crippen LogP contribution in [0.1, 0.15) is 5.69 Å². The number of aryl methyl sites for hydroxylation is 2. The van der Waals surface area contributed by atoms with Gasteiger partial charge in [0.2, 0.25) is 0 Å². The molecule has 2 heterocycles. The Balaban J connectivity index is 2.38. The minimum Gasteiger partial charge on any atom is -0.327 e. The van der Waals surface area contributed by atoms with Gasteiger partial charge in [0, 0.05) is 7.05 Å². The second-order valence-corrected chi connectivity index (χ2v) is 4.54. The first kappa shape index (κ1) is 11.2.